The Morgan fingerprint density at radius 3 is 2.29 bits per heavy atom. The number of primary amides is 1. The molecule has 6 N–H and O–H groups in total. The third-order valence-corrected chi connectivity index (χ3v) is 1.91. The summed E-state index contributed by atoms with van der Waals surface area (Å²) in [5.74, 6) is -1.81. The first-order chi connectivity index (χ1) is 7.86. The van der Waals surface area contributed by atoms with Gasteiger partial charge in [-0.1, -0.05) is 0 Å². The predicted octanol–water partition coefficient (Wildman–Crippen LogP) is -1.61. The van der Waals surface area contributed by atoms with E-state index in [0.717, 1.165) is 0 Å². The molecule has 8 heteroatoms. The number of nitrogens with one attached hydrogen (secondary N) is 2. The summed E-state index contributed by atoms with van der Waals surface area (Å²) in [7, 11) is 0. The lowest BCUT2D eigenvalue weighted by Gasteiger charge is -2.16. The highest BCUT2D eigenvalue weighted by Crippen LogP contribution is 1.93. The smallest absolute Gasteiger partial charge is 0.326 e. The van der Waals surface area contributed by atoms with Gasteiger partial charge < -0.3 is 26.6 Å². The van der Waals surface area contributed by atoms with Crippen molar-refractivity contribution in [3.05, 3.63) is 0 Å². The molecule has 8 nitrogen and oxygen atoms in total. The minimum atomic E-state index is -1.24. The first-order valence-electron chi connectivity index (χ1n) is 5.05. The van der Waals surface area contributed by atoms with Gasteiger partial charge in [-0.25, -0.2) is 9.59 Å². The molecule has 0 heterocycles. The van der Waals surface area contributed by atoms with Crippen molar-refractivity contribution in [3.8, 4) is 0 Å². The summed E-state index contributed by atoms with van der Waals surface area (Å²) in [4.78, 5) is 32.5. The van der Waals surface area contributed by atoms with Crippen LogP contribution in [0.3, 0.4) is 0 Å². The summed E-state index contributed by atoms with van der Waals surface area (Å²) in [6, 6.07) is -2.38. The molecule has 0 radical (unpaired) electrons. The van der Waals surface area contributed by atoms with Crippen molar-refractivity contribution >= 4 is 17.9 Å². The fourth-order valence-corrected chi connectivity index (χ4v) is 1.16. The van der Waals surface area contributed by atoms with Gasteiger partial charge in [-0.3, -0.25) is 4.79 Å². The fourth-order valence-electron chi connectivity index (χ4n) is 1.16. The van der Waals surface area contributed by atoms with Gasteiger partial charge in [0, 0.05) is 25.5 Å². The van der Waals surface area contributed by atoms with E-state index in [9.17, 15) is 14.4 Å². The van der Waals surface area contributed by atoms with E-state index in [1.807, 2.05) is 0 Å². The molecule has 0 aliphatic carbocycles. The number of rotatable bonds is 7. The Morgan fingerprint density at radius 1 is 1.29 bits per heavy atom. The zero-order valence-electron chi connectivity index (χ0n) is 9.47. The lowest BCUT2D eigenvalue weighted by Crippen LogP contribution is -2.49. The second kappa shape index (κ2) is 7.44. The van der Waals surface area contributed by atoms with E-state index in [1.54, 1.807) is 6.92 Å². The normalized spacial score (nSPS) is 13.5. The van der Waals surface area contributed by atoms with Gasteiger partial charge in [0.1, 0.15) is 6.04 Å². The quantitative estimate of drug-likeness (QED) is 0.367. The molecular weight excluding hydrogens is 230 g/mol. The van der Waals surface area contributed by atoms with Crippen molar-refractivity contribution < 1.29 is 24.6 Å². The maximum Gasteiger partial charge on any atom is 0.326 e. The number of carboxylic acids is 1. The Morgan fingerprint density at radius 2 is 1.88 bits per heavy atom. The zero-order chi connectivity index (χ0) is 13.4. The van der Waals surface area contributed by atoms with Crippen LogP contribution in [0.4, 0.5) is 4.79 Å². The average Bonchev–Trinajstić information content (AvgIpc) is 2.14. The van der Waals surface area contributed by atoms with Crippen molar-refractivity contribution in [2.75, 3.05) is 6.61 Å². The van der Waals surface area contributed by atoms with Crippen LogP contribution in [0.1, 0.15) is 19.8 Å². The van der Waals surface area contributed by atoms with Crippen LogP contribution in [-0.4, -0.2) is 46.8 Å². The highest BCUT2D eigenvalue weighted by atomic mass is 16.4. The molecule has 0 aliphatic rings. The number of hydrogen-bond donors (Lipinski definition) is 5. The summed E-state index contributed by atoms with van der Waals surface area (Å²) in [5.41, 5.74) is 4.93. The minimum absolute atomic E-state index is 0.0365. The lowest BCUT2D eigenvalue weighted by molar-refractivity contribution is -0.139. The molecule has 3 amide bonds. The van der Waals surface area contributed by atoms with Crippen LogP contribution in [-0.2, 0) is 9.59 Å². The van der Waals surface area contributed by atoms with E-state index in [4.69, 9.17) is 15.9 Å². The molecule has 0 fully saturated rings. The second-order valence-corrected chi connectivity index (χ2v) is 3.59. The largest absolute Gasteiger partial charge is 0.480 e. The molecule has 0 aromatic carbocycles. The zero-order valence-corrected chi connectivity index (χ0v) is 9.47. The Labute approximate surface area is 98.2 Å². The number of aliphatic carboxylic acids is 1. The Balaban J connectivity index is 4.14. The lowest BCUT2D eigenvalue weighted by atomic mass is 10.2. The molecule has 2 atom stereocenters. The molecule has 0 spiro atoms. The number of hydrogen-bond acceptors (Lipinski definition) is 4. The van der Waals surface area contributed by atoms with Crippen LogP contribution in [0, 0.1) is 0 Å². The van der Waals surface area contributed by atoms with E-state index in [2.05, 4.69) is 10.6 Å². The van der Waals surface area contributed by atoms with Crippen LogP contribution in [0.5, 0.6) is 0 Å². The van der Waals surface area contributed by atoms with E-state index in [-0.39, 0.29) is 19.4 Å². The molecule has 0 saturated heterocycles. The SMILES string of the molecule is CC(CC(N)=O)NC(=O)N[C@@H](CCO)C(=O)O. The predicted molar refractivity (Wildman–Crippen MR) is 58.1 cm³/mol. The topological polar surface area (TPSA) is 142 Å². The Bertz CT molecular complexity index is 294. The number of aliphatic hydroxyl groups is 1. The molecule has 0 aromatic rings. The second-order valence-electron chi connectivity index (χ2n) is 3.59. The van der Waals surface area contributed by atoms with Crippen LogP contribution in [0.15, 0.2) is 0 Å². The number of carbonyl (C=O) groups is 3. The van der Waals surface area contributed by atoms with Gasteiger partial charge in [-0.15, -0.1) is 0 Å². The summed E-state index contributed by atoms with van der Waals surface area (Å²) < 4.78 is 0. The number of urea groups is 1. The number of amides is 3. The summed E-state index contributed by atoms with van der Waals surface area (Å²) >= 11 is 0. The van der Waals surface area contributed by atoms with E-state index in [1.165, 1.54) is 0 Å². The summed E-state index contributed by atoms with van der Waals surface area (Å²) in [5, 5.41) is 21.8. The Hall–Kier alpha value is -1.83. The number of aliphatic hydroxyl groups excluding tert-OH is 1. The summed E-state index contributed by atoms with van der Waals surface area (Å²) in [6.45, 7) is 1.21. The first kappa shape index (κ1) is 15.2. The Kier molecular flexibility index (Phi) is 6.64. The average molecular weight is 247 g/mol. The van der Waals surface area contributed by atoms with E-state index < -0.39 is 30.0 Å². The van der Waals surface area contributed by atoms with E-state index >= 15 is 0 Å². The summed E-state index contributed by atoms with van der Waals surface area (Å²) in [6.07, 6.45) is -0.127. The van der Waals surface area contributed by atoms with Crippen molar-refractivity contribution in [3.63, 3.8) is 0 Å². The van der Waals surface area contributed by atoms with Crippen molar-refractivity contribution in [1.29, 1.82) is 0 Å². The molecule has 0 rings (SSSR count). The number of carboxylic acid groups (broad SMARTS) is 1. The molecular formula is C9H17N3O5. The van der Waals surface area contributed by atoms with Crippen molar-refractivity contribution in [1.82, 2.24) is 10.6 Å². The van der Waals surface area contributed by atoms with Crippen molar-refractivity contribution in [2.24, 2.45) is 5.73 Å². The highest BCUT2D eigenvalue weighted by Gasteiger charge is 2.20. The first-order valence-corrected chi connectivity index (χ1v) is 5.05. The van der Waals surface area contributed by atoms with E-state index in [0.29, 0.717) is 0 Å². The van der Waals surface area contributed by atoms with Gasteiger partial charge in [-0.2, -0.15) is 0 Å². The van der Waals surface area contributed by atoms with Gasteiger partial charge in [0.05, 0.1) is 0 Å². The van der Waals surface area contributed by atoms with Crippen LogP contribution >= 0.6 is 0 Å². The maximum absolute atomic E-state index is 11.3. The fraction of sp³-hybridized carbons (Fsp3) is 0.667. The molecule has 0 saturated carbocycles. The van der Waals surface area contributed by atoms with Crippen LogP contribution in [0.2, 0.25) is 0 Å². The third-order valence-electron chi connectivity index (χ3n) is 1.91. The maximum atomic E-state index is 11.3. The van der Waals surface area contributed by atoms with Gasteiger partial charge >= 0.3 is 12.0 Å². The molecule has 17 heavy (non-hydrogen) atoms. The van der Waals surface area contributed by atoms with Crippen LogP contribution in [0.25, 0.3) is 0 Å². The standard InChI is InChI=1S/C9H17N3O5/c1-5(4-7(10)14)11-9(17)12-6(2-3-13)8(15)16/h5-6,13H,2-4H2,1H3,(H2,10,14)(H,15,16)(H2,11,12,17)/t5?,6-/m0/s1. The number of carbonyl (C=O) groups excluding carboxylic acids is 2. The van der Waals surface area contributed by atoms with Gasteiger partial charge in [0.15, 0.2) is 0 Å². The monoisotopic (exact) mass is 247 g/mol. The molecule has 0 aliphatic heterocycles. The van der Waals surface area contributed by atoms with Crippen molar-refractivity contribution in [2.45, 2.75) is 31.8 Å². The highest BCUT2D eigenvalue weighted by molar-refractivity contribution is 5.83. The molecule has 0 aromatic heterocycles. The van der Waals surface area contributed by atoms with Gasteiger partial charge in [-0.05, 0) is 6.92 Å². The molecule has 1 unspecified atom stereocenters. The minimum Gasteiger partial charge on any atom is -0.480 e. The third kappa shape index (κ3) is 7.12. The van der Waals surface area contributed by atoms with Gasteiger partial charge in [0.2, 0.25) is 5.91 Å². The van der Waals surface area contributed by atoms with Gasteiger partial charge in [0.25, 0.3) is 0 Å². The molecule has 98 valence electrons. The molecule has 0 bridgehead atoms. The number of nitrogens with two attached hydrogens (primary N) is 1. The van der Waals surface area contributed by atoms with Crippen LogP contribution < -0.4 is 16.4 Å².